The van der Waals surface area contributed by atoms with Crippen molar-refractivity contribution in [3.63, 3.8) is 0 Å². The van der Waals surface area contributed by atoms with Crippen LogP contribution in [0.15, 0.2) is 12.1 Å². The number of aryl methyl sites for hydroxylation is 1. The van der Waals surface area contributed by atoms with Gasteiger partial charge in [0.2, 0.25) is 0 Å². The van der Waals surface area contributed by atoms with Gasteiger partial charge in [-0.15, -0.1) is 0 Å². The SMILES string of the molecule is Cc1c(C(F)(F)F)nc2c(C)ccc(Cl)c2c1NN. The van der Waals surface area contributed by atoms with E-state index in [-0.39, 0.29) is 16.8 Å². The summed E-state index contributed by atoms with van der Waals surface area (Å²) in [6, 6.07) is 3.22. The molecule has 0 aliphatic carbocycles. The van der Waals surface area contributed by atoms with E-state index in [1.165, 1.54) is 6.92 Å². The number of rotatable bonds is 1. The zero-order chi connectivity index (χ0) is 14.4. The van der Waals surface area contributed by atoms with Crippen LogP contribution in [0.4, 0.5) is 18.9 Å². The number of aromatic nitrogens is 1. The molecule has 102 valence electrons. The molecule has 2 rings (SSSR count). The van der Waals surface area contributed by atoms with E-state index < -0.39 is 11.9 Å². The van der Waals surface area contributed by atoms with Crippen LogP contribution in [0.3, 0.4) is 0 Å². The zero-order valence-corrected chi connectivity index (χ0v) is 10.9. The fourth-order valence-corrected chi connectivity index (χ4v) is 2.26. The number of hydrogen-bond donors (Lipinski definition) is 2. The quantitative estimate of drug-likeness (QED) is 0.620. The molecule has 0 unspecified atom stereocenters. The van der Waals surface area contributed by atoms with Gasteiger partial charge >= 0.3 is 6.18 Å². The number of benzene rings is 1. The van der Waals surface area contributed by atoms with Gasteiger partial charge in [-0.25, -0.2) is 4.98 Å². The third kappa shape index (κ3) is 2.21. The van der Waals surface area contributed by atoms with Crippen LogP contribution in [0, 0.1) is 13.8 Å². The van der Waals surface area contributed by atoms with Gasteiger partial charge < -0.3 is 5.43 Å². The number of nitrogens with one attached hydrogen (secondary N) is 1. The average Bonchev–Trinajstić information content (AvgIpc) is 2.32. The maximum Gasteiger partial charge on any atom is 0.433 e. The molecule has 0 radical (unpaired) electrons. The minimum Gasteiger partial charge on any atom is -0.323 e. The summed E-state index contributed by atoms with van der Waals surface area (Å²) in [6.07, 6.45) is -4.54. The van der Waals surface area contributed by atoms with Crippen molar-refractivity contribution in [3.8, 4) is 0 Å². The monoisotopic (exact) mass is 289 g/mol. The second-order valence-electron chi connectivity index (χ2n) is 4.19. The number of nitrogens with zero attached hydrogens (tertiary/aromatic N) is 1. The molecule has 1 aromatic heterocycles. The zero-order valence-electron chi connectivity index (χ0n) is 10.2. The smallest absolute Gasteiger partial charge is 0.323 e. The third-order valence-electron chi connectivity index (χ3n) is 2.95. The van der Waals surface area contributed by atoms with Crippen LogP contribution in [0.1, 0.15) is 16.8 Å². The molecule has 2 aromatic rings. The van der Waals surface area contributed by atoms with Gasteiger partial charge in [0.05, 0.1) is 16.2 Å². The Kier molecular flexibility index (Phi) is 3.32. The van der Waals surface area contributed by atoms with E-state index in [2.05, 4.69) is 10.4 Å². The van der Waals surface area contributed by atoms with E-state index >= 15 is 0 Å². The lowest BCUT2D eigenvalue weighted by Crippen LogP contribution is -2.16. The molecule has 0 aliphatic heterocycles. The summed E-state index contributed by atoms with van der Waals surface area (Å²) in [5, 5.41) is 0.701. The van der Waals surface area contributed by atoms with Gasteiger partial charge in [-0.1, -0.05) is 17.7 Å². The van der Waals surface area contributed by atoms with Crippen LogP contribution in [0.5, 0.6) is 0 Å². The molecule has 0 fully saturated rings. The number of anilines is 1. The second-order valence-corrected chi connectivity index (χ2v) is 4.60. The van der Waals surface area contributed by atoms with Crippen molar-refractivity contribution in [1.29, 1.82) is 0 Å². The highest BCUT2D eigenvalue weighted by Crippen LogP contribution is 2.39. The van der Waals surface area contributed by atoms with Crippen molar-refractivity contribution in [1.82, 2.24) is 4.98 Å². The Balaban J connectivity index is 2.99. The number of pyridine rings is 1. The topological polar surface area (TPSA) is 50.9 Å². The lowest BCUT2D eigenvalue weighted by atomic mass is 10.0. The molecule has 3 N–H and O–H groups in total. The number of nitrogens with two attached hydrogens (primary N) is 1. The van der Waals surface area contributed by atoms with Gasteiger partial charge in [0.15, 0.2) is 0 Å². The van der Waals surface area contributed by atoms with Crippen LogP contribution in [0.2, 0.25) is 5.02 Å². The predicted molar refractivity (Wildman–Crippen MR) is 69.0 cm³/mol. The van der Waals surface area contributed by atoms with E-state index in [1.807, 2.05) is 0 Å². The number of fused-ring (bicyclic) bond motifs is 1. The van der Waals surface area contributed by atoms with Crippen LogP contribution >= 0.6 is 11.6 Å². The number of nitrogen functional groups attached to an aromatic ring is 1. The number of halogens is 4. The van der Waals surface area contributed by atoms with E-state index in [9.17, 15) is 13.2 Å². The lowest BCUT2D eigenvalue weighted by Gasteiger charge is -2.17. The van der Waals surface area contributed by atoms with Gasteiger partial charge in [-0.05, 0) is 25.5 Å². The number of alkyl halides is 3. The maximum absolute atomic E-state index is 13.0. The molecule has 0 saturated heterocycles. The molecule has 7 heteroatoms. The Morgan fingerprint density at radius 1 is 1.26 bits per heavy atom. The van der Waals surface area contributed by atoms with Crippen molar-refractivity contribution in [2.45, 2.75) is 20.0 Å². The molecule has 0 amide bonds. The third-order valence-corrected chi connectivity index (χ3v) is 3.26. The van der Waals surface area contributed by atoms with E-state index in [1.54, 1.807) is 19.1 Å². The first-order valence-electron chi connectivity index (χ1n) is 5.40. The number of hydrazine groups is 1. The first-order valence-corrected chi connectivity index (χ1v) is 5.78. The molecule has 1 aromatic carbocycles. The summed E-state index contributed by atoms with van der Waals surface area (Å²) in [5.74, 6) is 5.34. The van der Waals surface area contributed by atoms with Gasteiger partial charge in [0.1, 0.15) is 5.69 Å². The van der Waals surface area contributed by atoms with Gasteiger partial charge in [-0.3, -0.25) is 5.84 Å². The molecular formula is C12H11ClF3N3. The normalized spacial score (nSPS) is 11.9. The van der Waals surface area contributed by atoms with E-state index in [0.29, 0.717) is 16.0 Å². The van der Waals surface area contributed by atoms with Gasteiger partial charge in [-0.2, -0.15) is 13.2 Å². The molecule has 0 saturated carbocycles. The standard InChI is InChI=1S/C12H11ClF3N3/c1-5-3-4-7(13)8-9(5)18-11(12(14,15)16)6(2)10(8)19-17/h3-4H,17H2,1-2H3,(H,18,19). The van der Waals surface area contributed by atoms with Gasteiger partial charge in [0, 0.05) is 10.9 Å². The Morgan fingerprint density at radius 3 is 2.42 bits per heavy atom. The van der Waals surface area contributed by atoms with Crippen molar-refractivity contribution in [3.05, 3.63) is 34.0 Å². The van der Waals surface area contributed by atoms with Crippen molar-refractivity contribution in [2.75, 3.05) is 5.43 Å². The highest BCUT2D eigenvalue weighted by Gasteiger charge is 2.36. The van der Waals surface area contributed by atoms with Crippen LogP contribution in [-0.4, -0.2) is 4.98 Å². The average molecular weight is 290 g/mol. The Morgan fingerprint density at radius 2 is 1.89 bits per heavy atom. The fourth-order valence-electron chi connectivity index (χ4n) is 2.01. The summed E-state index contributed by atoms with van der Waals surface area (Å²) in [5.41, 5.74) is 2.20. The highest BCUT2D eigenvalue weighted by atomic mass is 35.5. The number of hydrogen-bond acceptors (Lipinski definition) is 3. The summed E-state index contributed by atoms with van der Waals surface area (Å²) < 4.78 is 38.9. The molecule has 0 bridgehead atoms. The molecule has 0 aliphatic rings. The first kappa shape index (κ1) is 13.9. The Hall–Kier alpha value is -1.53. The summed E-state index contributed by atoms with van der Waals surface area (Å²) >= 11 is 6.03. The Bertz CT molecular complexity index is 653. The molecule has 1 heterocycles. The highest BCUT2D eigenvalue weighted by molar-refractivity contribution is 6.36. The minimum absolute atomic E-state index is 0.0741. The van der Waals surface area contributed by atoms with Crippen LogP contribution in [-0.2, 0) is 6.18 Å². The van der Waals surface area contributed by atoms with E-state index in [4.69, 9.17) is 17.4 Å². The minimum atomic E-state index is -4.54. The molecular weight excluding hydrogens is 279 g/mol. The summed E-state index contributed by atoms with van der Waals surface area (Å²) in [6.45, 7) is 2.98. The van der Waals surface area contributed by atoms with Crippen molar-refractivity contribution < 1.29 is 13.2 Å². The molecule has 0 spiro atoms. The maximum atomic E-state index is 13.0. The van der Waals surface area contributed by atoms with Crippen LogP contribution < -0.4 is 11.3 Å². The fraction of sp³-hybridized carbons (Fsp3) is 0.250. The predicted octanol–water partition coefficient (Wildman–Crippen LogP) is 3.81. The molecule has 19 heavy (non-hydrogen) atoms. The van der Waals surface area contributed by atoms with Crippen LogP contribution in [0.25, 0.3) is 10.9 Å². The summed E-state index contributed by atoms with van der Waals surface area (Å²) in [7, 11) is 0. The molecule has 0 atom stereocenters. The largest absolute Gasteiger partial charge is 0.433 e. The van der Waals surface area contributed by atoms with E-state index in [0.717, 1.165) is 0 Å². The lowest BCUT2D eigenvalue weighted by molar-refractivity contribution is -0.141. The molecule has 3 nitrogen and oxygen atoms in total. The summed E-state index contributed by atoms with van der Waals surface area (Å²) in [4.78, 5) is 3.71. The first-order chi connectivity index (χ1) is 8.77. The van der Waals surface area contributed by atoms with Crippen molar-refractivity contribution in [2.24, 2.45) is 5.84 Å². The second kappa shape index (κ2) is 4.54. The Labute approximate surface area is 112 Å². The van der Waals surface area contributed by atoms with Crippen molar-refractivity contribution >= 4 is 28.2 Å². The van der Waals surface area contributed by atoms with Gasteiger partial charge in [0.25, 0.3) is 0 Å².